The summed E-state index contributed by atoms with van der Waals surface area (Å²) < 4.78 is 35.5. The summed E-state index contributed by atoms with van der Waals surface area (Å²) in [6, 6.07) is 5.23. The molecule has 0 atom stereocenters. The van der Waals surface area contributed by atoms with Crippen LogP contribution in [0.15, 0.2) is 29.2 Å². The number of halogens is 3. The first kappa shape index (κ1) is 14.0. The van der Waals surface area contributed by atoms with E-state index in [4.69, 9.17) is 0 Å². The highest BCUT2D eigenvalue weighted by Gasteiger charge is 2.28. The van der Waals surface area contributed by atoms with Crippen LogP contribution in [0.1, 0.15) is 24.2 Å². The molecule has 0 aliphatic rings. The molecule has 1 aromatic carbocycles. The molecule has 0 aliphatic carbocycles. The zero-order valence-corrected chi connectivity index (χ0v) is 9.15. The van der Waals surface area contributed by atoms with Crippen LogP contribution in [0.25, 0.3) is 0 Å². The van der Waals surface area contributed by atoms with Gasteiger partial charge in [-0.3, -0.25) is 4.79 Å². The minimum Gasteiger partial charge on any atom is -0.298 e. The zero-order valence-electron chi connectivity index (χ0n) is 8.34. The Balaban J connectivity index is 0.000000921. The van der Waals surface area contributed by atoms with Gasteiger partial charge in [-0.15, -0.1) is 0 Å². The Labute approximate surface area is 90.7 Å². The second kappa shape index (κ2) is 6.50. The van der Waals surface area contributed by atoms with Gasteiger partial charge in [-0.1, -0.05) is 26.0 Å². The number of rotatable bonds is 2. The maximum Gasteiger partial charge on any atom is 0.446 e. The molecule has 0 unspecified atom stereocenters. The average molecular weight is 236 g/mol. The third-order valence-corrected chi connectivity index (χ3v) is 1.99. The number of hydrogen-bond acceptors (Lipinski definition) is 2. The maximum atomic E-state index is 11.8. The molecule has 0 N–H and O–H groups in total. The Bertz CT molecular complexity index is 293. The minimum atomic E-state index is -4.28. The fourth-order valence-electron chi connectivity index (χ4n) is 0.748. The minimum absolute atomic E-state index is 0.0816. The molecule has 1 aromatic rings. The predicted octanol–water partition coefficient (Wildman–Crippen LogP) is 4.14. The van der Waals surface area contributed by atoms with Gasteiger partial charge in [0.2, 0.25) is 0 Å². The summed E-state index contributed by atoms with van der Waals surface area (Å²) in [6.45, 7) is 4.00. The quantitative estimate of drug-likeness (QED) is 0.567. The highest BCUT2D eigenvalue weighted by molar-refractivity contribution is 8.00. The molecule has 5 heteroatoms. The van der Waals surface area contributed by atoms with Crippen LogP contribution in [0.3, 0.4) is 0 Å². The van der Waals surface area contributed by atoms with E-state index in [1.54, 1.807) is 0 Å². The van der Waals surface area contributed by atoms with E-state index in [-0.39, 0.29) is 16.7 Å². The van der Waals surface area contributed by atoms with E-state index >= 15 is 0 Å². The van der Waals surface area contributed by atoms with Crippen molar-refractivity contribution in [3.63, 3.8) is 0 Å². The van der Waals surface area contributed by atoms with Crippen LogP contribution in [-0.2, 0) is 0 Å². The third-order valence-electron chi connectivity index (χ3n) is 1.25. The molecule has 1 rings (SSSR count). The van der Waals surface area contributed by atoms with Gasteiger partial charge in [-0.25, -0.2) is 0 Å². The maximum absolute atomic E-state index is 11.8. The van der Waals surface area contributed by atoms with E-state index in [2.05, 4.69) is 0 Å². The molecule has 1 nitrogen and oxygen atoms in total. The third kappa shape index (κ3) is 6.17. The number of aldehydes is 1. The van der Waals surface area contributed by atoms with Crippen molar-refractivity contribution in [2.24, 2.45) is 0 Å². The molecule has 0 saturated carbocycles. The first-order valence-electron chi connectivity index (χ1n) is 4.32. The fourth-order valence-corrected chi connectivity index (χ4v) is 1.29. The van der Waals surface area contributed by atoms with Crippen LogP contribution in [0.5, 0.6) is 0 Å². The highest BCUT2D eigenvalue weighted by atomic mass is 32.2. The van der Waals surface area contributed by atoms with Crippen LogP contribution in [0.4, 0.5) is 13.2 Å². The van der Waals surface area contributed by atoms with Gasteiger partial charge < -0.3 is 0 Å². The SMILES string of the molecule is CC.O=Cc1ccc(SC(F)(F)F)cc1. The largest absolute Gasteiger partial charge is 0.446 e. The van der Waals surface area contributed by atoms with Gasteiger partial charge in [0.15, 0.2) is 0 Å². The summed E-state index contributed by atoms with van der Waals surface area (Å²) in [5.74, 6) is 0. The molecule has 0 aliphatic heterocycles. The van der Waals surface area contributed by atoms with Crippen LogP contribution in [0, 0.1) is 0 Å². The lowest BCUT2D eigenvalue weighted by Crippen LogP contribution is -1.98. The molecule has 0 bridgehead atoms. The molecule has 15 heavy (non-hydrogen) atoms. The van der Waals surface area contributed by atoms with Gasteiger partial charge in [0.05, 0.1) is 0 Å². The fraction of sp³-hybridized carbons (Fsp3) is 0.300. The zero-order chi connectivity index (χ0) is 11.9. The van der Waals surface area contributed by atoms with Crippen LogP contribution < -0.4 is 0 Å². The molecule has 0 fully saturated rings. The van der Waals surface area contributed by atoms with Crippen molar-refractivity contribution in [1.29, 1.82) is 0 Å². The number of carbonyl (C=O) groups is 1. The van der Waals surface area contributed by atoms with Gasteiger partial charge in [0.1, 0.15) is 6.29 Å². The van der Waals surface area contributed by atoms with Crippen molar-refractivity contribution in [3.05, 3.63) is 29.8 Å². The van der Waals surface area contributed by atoms with Crippen molar-refractivity contribution in [3.8, 4) is 0 Å². The second-order valence-electron chi connectivity index (χ2n) is 2.23. The number of alkyl halides is 3. The molecular weight excluding hydrogens is 225 g/mol. The predicted molar refractivity (Wildman–Crippen MR) is 55.1 cm³/mol. The average Bonchev–Trinajstić information content (AvgIpc) is 2.20. The van der Waals surface area contributed by atoms with E-state index in [1.807, 2.05) is 13.8 Å². The van der Waals surface area contributed by atoms with E-state index in [0.29, 0.717) is 11.8 Å². The topological polar surface area (TPSA) is 17.1 Å². The smallest absolute Gasteiger partial charge is 0.298 e. The van der Waals surface area contributed by atoms with Gasteiger partial charge in [0, 0.05) is 10.5 Å². The van der Waals surface area contributed by atoms with E-state index in [1.165, 1.54) is 24.3 Å². The Kier molecular flexibility index (Phi) is 6.08. The molecule has 0 heterocycles. The number of carbonyl (C=O) groups excluding carboxylic acids is 1. The molecule has 0 radical (unpaired) electrons. The Morgan fingerprint density at radius 1 is 1.13 bits per heavy atom. The van der Waals surface area contributed by atoms with Crippen molar-refractivity contribution in [1.82, 2.24) is 0 Å². The molecule has 0 amide bonds. The summed E-state index contributed by atoms with van der Waals surface area (Å²) in [7, 11) is 0. The van der Waals surface area contributed by atoms with E-state index < -0.39 is 5.51 Å². The Morgan fingerprint density at radius 2 is 1.60 bits per heavy atom. The summed E-state index contributed by atoms with van der Waals surface area (Å²) in [5, 5.41) is 0. The van der Waals surface area contributed by atoms with Gasteiger partial charge in [0.25, 0.3) is 0 Å². The summed E-state index contributed by atoms with van der Waals surface area (Å²) >= 11 is -0.196. The van der Waals surface area contributed by atoms with Crippen molar-refractivity contribution in [2.45, 2.75) is 24.3 Å². The number of benzene rings is 1. The number of hydrogen-bond donors (Lipinski definition) is 0. The summed E-state index contributed by atoms with van der Waals surface area (Å²) in [5.41, 5.74) is -3.91. The number of thioether (sulfide) groups is 1. The lowest BCUT2D eigenvalue weighted by Gasteiger charge is -2.04. The van der Waals surface area contributed by atoms with Crippen molar-refractivity contribution < 1.29 is 18.0 Å². The molecule has 84 valence electrons. The molecule has 0 spiro atoms. The first-order chi connectivity index (χ1) is 7.01. The Morgan fingerprint density at radius 3 is 1.93 bits per heavy atom. The van der Waals surface area contributed by atoms with E-state index in [0.717, 1.165) is 0 Å². The van der Waals surface area contributed by atoms with Crippen LogP contribution in [0.2, 0.25) is 0 Å². The highest BCUT2D eigenvalue weighted by Crippen LogP contribution is 2.36. The standard InChI is InChI=1S/C8H5F3OS.C2H6/c9-8(10,11)13-7-3-1-6(5-12)2-4-7;1-2/h1-5H;1-2H3. The van der Waals surface area contributed by atoms with Gasteiger partial charge >= 0.3 is 5.51 Å². The molecule has 0 aromatic heterocycles. The molecular formula is C10H11F3OS. The van der Waals surface area contributed by atoms with Crippen LogP contribution >= 0.6 is 11.8 Å². The van der Waals surface area contributed by atoms with Crippen molar-refractivity contribution in [2.75, 3.05) is 0 Å². The molecule has 0 saturated heterocycles. The van der Waals surface area contributed by atoms with Gasteiger partial charge in [-0.2, -0.15) is 13.2 Å². The van der Waals surface area contributed by atoms with Crippen LogP contribution in [-0.4, -0.2) is 11.8 Å². The second-order valence-corrected chi connectivity index (χ2v) is 3.37. The van der Waals surface area contributed by atoms with Crippen molar-refractivity contribution >= 4 is 18.0 Å². The lowest BCUT2D eigenvalue weighted by molar-refractivity contribution is -0.0328. The monoisotopic (exact) mass is 236 g/mol. The lowest BCUT2D eigenvalue weighted by atomic mass is 10.2. The van der Waals surface area contributed by atoms with E-state index in [9.17, 15) is 18.0 Å². The summed E-state index contributed by atoms with van der Waals surface area (Å²) in [6.07, 6.45) is 0.585. The summed E-state index contributed by atoms with van der Waals surface area (Å²) in [4.78, 5) is 10.3. The first-order valence-corrected chi connectivity index (χ1v) is 5.14. The van der Waals surface area contributed by atoms with Gasteiger partial charge in [-0.05, 0) is 23.9 Å². The normalized spacial score (nSPS) is 10.2. The Hall–Kier alpha value is -0.970.